The third-order valence-electron chi connectivity index (χ3n) is 4.32. The zero-order valence-electron chi connectivity index (χ0n) is 12.2. The fourth-order valence-electron chi connectivity index (χ4n) is 3.25. The van der Waals surface area contributed by atoms with E-state index in [1.165, 1.54) is 0 Å². The molecule has 6 nitrogen and oxygen atoms in total. The van der Waals surface area contributed by atoms with Crippen molar-refractivity contribution >= 4 is 12.0 Å². The number of hydrogen-bond acceptors (Lipinski definition) is 3. The Labute approximate surface area is 120 Å². The lowest BCUT2D eigenvalue weighted by Gasteiger charge is -2.38. The van der Waals surface area contributed by atoms with E-state index in [2.05, 4.69) is 5.32 Å². The van der Waals surface area contributed by atoms with Crippen LogP contribution in [0.15, 0.2) is 0 Å². The van der Waals surface area contributed by atoms with E-state index < -0.39 is 11.9 Å². The van der Waals surface area contributed by atoms with Gasteiger partial charge in [0, 0.05) is 26.2 Å². The molecule has 0 aliphatic carbocycles. The minimum atomic E-state index is -0.783. The molecule has 2 fully saturated rings. The maximum atomic E-state index is 12.5. The standard InChI is InChI=1S/C14H25N3O3/c1-15-8-11-4-2-6-16(9-11)14(20)17-7-3-5-12(10-17)13(18)19/h11-12,15H,2-10H2,1H3,(H,18,19)/t11?,12-/m0/s1. The lowest BCUT2D eigenvalue weighted by Crippen LogP contribution is -2.52. The number of nitrogens with zero attached hydrogens (tertiary/aromatic N) is 2. The molecule has 20 heavy (non-hydrogen) atoms. The van der Waals surface area contributed by atoms with Crippen LogP contribution in [0.2, 0.25) is 0 Å². The van der Waals surface area contributed by atoms with Gasteiger partial charge in [0.1, 0.15) is 0 Å². The summed E-state index contributed by atoms with van der Waals surface area (Å²) in [7, 11) is 1.93. The van der Waals surface area contributed by atoms with Gasteiger partial charge in [-0.2, -0.15) is 0 Å². The Morgan fingerprint density at radius 3 is 2.45 bits per heavy atom. The molecule has 2 heterocycles. The molecule has 2 rings (SSSR count). The van der Waals surface area contributed by atoms with Gasteiger partial charge in [-0.05, 0) is 45.2 Å². The number of nitrogens with one attached hydrogen (secondary N) is 1. The Kier molecular flexibility index (Phi) is 5.23. The molecule has 2 aliphatic heterocycles. The second-order valence-electron chi connectivity index (χ2n) is 5.92. The molecule has 0 aromatic rings. The number of carbonyl (C=O) groups excluding carboxylic acids is 1. The van der Waals surface area contributed by atoms with Gasteiger partial charge in [-0.25, -0.2) is 4.79 Å². The monoisotopic (exact) mass is 283 g/mol. The van der Waals surface area contributed by atoms with Gasteiger partial charge in [0.25, 0.3) is 0 Å². The summed E-state index contributed by atoms with van der Waals surface area (Å²) in [6.45, 7) is 3.57. The van der Waals surface area contributed by atoms with Crippen LogP contribution >= 0.6 is 0 Å². The highest BCUT2D eigenvalue weighted by Crippen LogP contribution is 2.21. The van der Waals surface area contributed by atoms with E-state index in [-0.39, 0.29) is 6.03 Å². The highest BCUT2D eigenvalue weighted by Gasteiger charge is 2.32. The molecular weight excluding hydrogens is 258 g/mol. The van der Waals surface area contributed by atoms with Crippen molar-refractivity contribution in [3.8, 4) is 0 Å². The Hall–Kier alpha value is -1.30. The van der Waals surface area contributed by atoms with Crippen LogP contribution in [0.4, 0.5) is 4.79 Å². The zero-order chi connectivity index (χ0) is 14.5. The van der Waals surface area contributed by atoms with Crippen molar-refractivity contribution in [1.29, 1.82) is 0 Å². The largest absolute Gasteiger partial charge is 0.481 e. The fraction of sp³-hybridized carbons (Fsp3) is 0.857. The minimum Gasteiger partial charge on any atom is -0.481 e. The molecule has 0 bridgehead atoms. The van der Waals surface area contributed by atoms with Crippen molar-refractivity contribution in [2.45, 2.75) is 25.7 Å². The lowest BCUT2D eigenvalue weighted by atomic mass is 9.97. The number of piperidine rings is 2. The molecule has 114 valence electrons. The van der Waals surface area contributed by atoms with Gasteiger partial charge in [-0.3, -0.25) is 4.79 Å². The molecule has 0 aromatic carbocycles. The first-order valence-corrected chi connectivity index (χ1v) is 7.53. The summed E-state index contributed by atoms with van der Waals surface area (Å²) >= 11 is 0. The van der Waals surface area contributed by atoms with Crippen LogP contribution in [0.1, 0.15) is 25.7 Å². The molecule has 0 spiro atoms. The van der Waals surface area contributed by atoms with Gasteiger partial charge >= 0.3 is 12.0 Å². The SMILES string of the molecule is CNCC1CCCN(C(=O)N2CCC[C@H](C(=O)O)C2)C1. The summed E-state index contributed by atoms with van der Waals surface area (Å²) in [4.78, 5) is 27.2. The van der Waals surface area contributed by atoms with Crippen LogP contribution in [-0.4, -0.2) is 66.7 Å². The lowest BCUT2D eigenvalue weighted by molar-refractivity contribution is -0.143. The maximum Gasteiger partial charge on any atom is 0.320 e. The van der Waals surface area contributed by atoms with Crippen molar-refractivity contribution < 1.29 is 14.7 Å². The molecular formula is C14H25N3O3. The van der Waals surface area contributed by atoms with E-state index in [1.54, 1.807) is 4.90 Å². The van der Waals surface area contributed by atoms with Gasteiger partial charge in [-0.15, -0.1) is 0 Å². The summed E-state index contributed by atoms with van der Waals surface area (Å²) in [5.41, 5.74) is 0. The third kappa shape index (κ3) is 3.62. The van der Waals surface area contributed by atoms with Crippen LogP contribution in [0.25, 0.3) is 0 Å². The normalized spacial score (nSPS) is 27.4. The van der Waals surface area contributed by atoms with E-state index in [9.17, 15) is 9.59 Å². The molecule has 2 atom stereocenters. The quantitative estimate of drug-likeness (QED) is 0.805. The molecule has 2 N–H and O–H groups in total. The smallest absolute Gasteiger partial charge is 0.320 e. The predicted octanol–water partition coefficient (Wildman–Crippen LogP) is 0.834. The summed E-state index contributed by atoms with van der Waals surface area (Å²) in [5.74, 6) is -0.669. The molecule has 0 radical (unpaired) electrons. The number of hydrogen-bond donors (Lipinski definition) is 2. The molecule has 2 saturated heterocycles. The highest BCUT2D eigenvalue weighted by molar-refractivity contribution is 5.76. The fourth-order valence-corrected chi connectivity index (χ4v) is 3.25. The number of rotatable bonds is 3. The molecule has 2 aliphatic rings. The number of amides is 2. The van der Waals surface area contributed by atoms with Gasteiger partial charge in [0.15, 0.2) is 0 Å². The second-order valence-corrected chi connectivity index (χ2v) is 5.92. The van der Waals surface area contributed by atoms with E-state index >= 15 is 0 Å². The number of carboxylic acid groups (broad SMARTS) is 1. The minimum absolute atomic E-state index is 0.0248. The van der Waals surface area contributed by atoms with Crippen molar-refractivity contribution in [3.05, 3.63) is 0 Å². The molecule has 0 aromatic heterocycles. The van der Waals surface area contributed by atoms with Gasteiger partial charge in [0.05, 0.1) is 5.92 Å². The van der Waals surface area contributed by atoms with E-state index in [0.29, 0.717) is 25.4 Å². The molecule has 1 unspecified atom stereocenters. The predicted molar refractivity (Wildman–Crippen MR) is 75.6 cm³/mol. The molecule has 2 amide bonds. The van der Waals surface area contributed by atoms with Crippen LogP contribution in [0.5, 0.6) is 0 Å². The average molecular weight is 283 g/mol. The highest BCUT2D eigenvalue weighted by atomic mass is 16.4. The van der Waals surface area contributed by atoms with Crippen molar-refractivity contribution in [2.24, 2.45) is 11.8 Å². The van der Waals surface area contributed by atoms with Crippen LogP contribution < -0.4 is 5.32 Å². The molecule has 6 heteroatoms. The number of likely N-dealkylation sites (tertiary alicyclic amines) is 2. The Morgan fingerprint density at radius 2 is 1.80 bits per heavy atom. The van der Waals surface area contributed by atoms with E-state index in [4.69, 9.17) is 5.11 Å². The van der Waals surface area contributed by atoms with Gasteiger partial charge in [-0.1, -0.05) is 0 Å². The Balaban J connectivity index is 1.91. The zero-order valence-corrected chi connectivity index (χ0v) is 12.2. The molecule has 0 saturated carbocycles. The van der Waals surface area contributed by atoms with E-state index in [0.717, 1.165) is 38.9 Å². The summed E-state index contributed by atoms with van der Waals surface area (Å²) in [5, 5.41) is 12.3. The average Bonchev–Trinajstić information content (AvgIpc) is 2.47. The number of urea groups is 1. The van der Waals surface area contributed by atoms with Gasteiger partial charge < -0.3 is 20.2 Å². The summed E-state index contributed by atoms with van der Waals surface area (Å²) in [6, 6.07) is 0.0248. The number of carboxylic acids is 1. The van der Waals surface area contributed by atoms with Crippen molar-refractivity contribution in [1.82, 2.24) is 15.1 Å². The van der Waals surface area contributed by atoms with Crippen molar-refractivity contribution in [2.75, 3.05) is 39.8 Å². The third-order valence-corrected chi connectivity index (χ3v) is 4.32. The first-order valence-electron chi connectivity index (χ1n) is 7.53. The van der Waals surface area contributed by atoms with Crippen molar-refractivity contribution in [3.63, 3.8) is 0 Å². The number of aliphatic carboxylic acids is 1. The second kappa shape index (κ2) is 6.92. The number of carbonyl (C=O) groups is 2. The van der Waals surface area contributed by atoms with Crippen LogP contribution in [0, 0.1) is 11.8 Å². The first-order chi connectivity index (χ1) is 9.61. The Morgan fingerprint density at radius 1 is 1.15 bits per heavy atom. The summed E-state index contributed by atoms with van der Waals surface area (Å²) in [6.07, 6.45) is 3.66. The topological polar surface area (TPSA) is 72.9 Å². The Bertz CT molecular complexity index is 360. The first kappa shape index (κ1) is 15.1. The van der Waals surface area contributed by atoms with Gasteiger partial charge in [0.2, 0.25) is 0 Å². The van der Waals surface area contributed by atoms with Crippen LogP contribution in [0.3, 0.4) is 0 Å². The van der Waals surface area contributed by atoms with E-state index in [1.807, 2.05) is 11.9 Å². The maximum absolute atomic E-state index is 12.5. The van der Waals surface area contributed by atoms with Crippen LogP contribution in [-0.2, 0) is 4.79 Å². The summed E-state index contributed by atoms with van der Waals surface area (Å²) < 4.78 is 0.